The second-order valence-corrected chi connectivity index (χ2v) is 9.52. The minimum atomic E-state index is -2.07. The van der Waals surface area contributed by atoms with E-state index in [0.717, 1.165) is 12.2 Å². The molecule has 84 valence electrons. The van der Waals surface area contributed by atoms with E-state index in [1.165, 1.54) is 5.56 Å². The molecular weight excluding hydrogens is 247 g/mol. The van der Waals surface area contributed by atoms with E-state index in [4.69, 9.17) is 20.9 Å². The lowest BCUT2D eigenvalue weighted by atomic mass is 10.2. The van der Waals surface area contributed by atoms with Crippen molar-refractivity contribution in [2.45, 2.75) is 6.42 Å². The first kappa shape index (κ1) is 13.2. The van der Waals surface area contributed by atoms with Crippen molar-refractivity contribution in [2.24, 2.45) is 0 Å². The molecule has 0 aromatic heterocycles. The molecule has 0 spiro atoms. The Labute approximate surface area is 100 Å². The van der Waals surface area contributed by atoms with Gasteiger partial charge in [-0.3, -0.25) is 0 Å². The van der Waals surface area contributed by atoms with Crippen LogP contribution in [0.3, 0.4) is 0 Å². The van der Waals surface area contributed by atoms with E-state index < -0.39 is 5.69 Å². The minimum absolute atomic E-state index is 0.934. The van der Waals surface area contributed by atoms with Crippen molar-refractivity contribution in [2.75, 3.05) is 20.0 Å². The van der Waals surface area contributed by atoms with E-state index in [0.29, 0.717) is 0 Å². The van der Waals surface area contributed by atoms with Crippen LogP contribution in [0.4, 0.5) is 0 Å². The maximum Gasteiger partial charge on any atom is 0.246 e. The normalized spacial score (nSPS) is 11.6. The number of benzene rings is 1. The second-order valence-electron chi connectivity index (χ2n) is 2.88. The zero-order valence-corrected chi connectivity index (χ0v) is 11.4. The quantitative estimate of drug-likeness (QED) is 0.730. The van der Waals surface area contributed by atoms with Crippen LogP contribution in [0, 0.1) is 0 Å². The molecule has 0 radical (unpaired) electrons. The highest BCUT2D eigenvalue weighted by Crippen LogP contribution is 2.59. The first-order valence-corrected chi connectivity index (χ1v) is 8.83. The van der Waals surface area contributed by atoms with Crippen molar-refractivity contribution in [3.05, 3.63) is 35.9 Å². The highest BCUT2D eigenvalue weighted by Gasteiger charge is 2.15. The van der Waals surface area contributed by atoms with Gasteiger partial charge >= 0.3 is 0 Å². The Kier molecular flexibility index (Phi) is 5.87. The van der Waals surface area contributed by atoms with Gasteiger partial charge in [0.2, 0.25) is 5.69 Å². The van der Waals surface area contributed by atoms with Crippen LogP contribution in [0.25, 0.3) is 0 Å². The molecule has 0 aliphatic rings. The van der Waals surface area contributed by atoms with Gasteiger partial charge in [-0.2, -0.15) is 0 Å². The van der Waals surface area contributed by atoms with Crippen molar-refractivity contribution >= 4 is 28.9 Å². The van der Waals surface area contributed by atoms with Gasteiger partial charge in [-0.1, -0.05) is 41.7 Å². The summed E-state index contributed by atoms with van der Waals surface area (Å²) >= 11 is 6.85. The molecule has 0 amide bonds. The first-order chi connectivity index (χ1) is 7.20. The zero-order valence-electron chi connectivity index (χ0n) is 8.88. The van der Waals surface area contributed by atoms with Crippen LogP contribution >= 0.6 is 17.1 Å². The van der Waals surface area contributed by atoms with Gasteiger partial charge in [-0.05, 0) is 23.8 Å². The van der Waals surface area contributed by atoms with Crippen molar-refractivity contribution in [3.8, 4) is 0 Å². The number of rotatable bonds is 6. The molecule has 0 fully saturated rings. The molecule has 15 heavy (non-hydrogen) atoms. The summed E-state index contributed by atoms with van der Waals surface area (Å²) < 4.78 is 10.4. The monoisotopic (exact) mass is 262 g/mol. The highest BCUT2D eigenvalue weighted by atomic mass is 32.9. The summed E-state index contributed by atoms with van der Waals surface area (Å²) in [5.74, 6) is 0.934. The van der Waals surface area contributed by atoms with Crippen LogP contribution in [0.2, 0.25) is 0 Å². The summed E-state index contributed by atoms with van der Waals surface area (Å²) in [4.78, 5) is 0. The fraction of sp³-hybridized carbons (Fsp3) is 0.400. The molecule has 0 N–H and O–H groups in total. The lowest BCUT2D eigenvalue weighted by Crippen LogP contribution is -1.90. The molecule has 0 aliphatic carbocycles. The first-order valence-electron chi connectivity index (χ1n) is 4.60. The number of hydrogen-bond acceptors (Lipinski definition) is 4. The van der Waals surface area contributed by atoms with E-state index in [1.807, 2.05) is 18.2 Å². The van der Waals surface area contributed by atoms with E-state index in [-0.39, 0.29) is 0 Å². The molecule has 0 saturated carbocycles. The zero-order chi connectivity index (χ0) is 11.1. The van der Waals surface area contributed by atoms with Gasteiger partial charge in [0.25, 0.3) is 0 Å². The maximum absolute atomic E-state index is 5.25. The fourth-order valence-corrected chi connectivity index (χ4v) is 4.26. The summed E-state index contributed by atoms with van der Waals surface area (Å²) in [6.45, 7) is 0. The van der Waals surface area contributed by atoms with E-state index in [9.17, 15) is 0 Å². The topological polar surface area (TPSA) is 18.5 Å². The highest BCUT2D eigenvalue weighted by molar-refractivity contribution is 8.67. The van der Waals surface area contributed by atoms with Crippen LogP contribution in [0.5, 0.6) is 0 Å². The van der Waals surface area contributed by atoms with E-state index in [2.05, 4.69) is 12.1 Å². The van der Waals surface area contributed by atoms with Crippen molar-refractivity contribution in [3.63, 3.8) is 0 Å². The molecule has 5 heteroatoms. The maximum atomic E-state index is 5.25. The Morgan fingerprint density at radius 1 is 1.20 bits per heavy atom. The van der Waals surface area contributed by atoms with Gasteiger partial charge in [0, 0.05) is 20.0 Å². The molecule has 0 heterocycles. The van der Waals surface area contributed by atoms with E-state index in [1.54, 1.807) is 25.6 Å². The largest absolute Gasteiger partial charge is 0.325 e. The molecule has 0 atom stereocenters. The Morgan fingerprint density at radius 2 is 1.80 bits per heavy atom. The lowest BCUT2D eigenvalue weighted by Gasteiger charge is -2.16. The molecule has 0 unspecified atom stereocenters. The summed E-state index contributed by atoms with van der Waals surface area (Å²) in [5, 5.41) is 0. The molecule has 2 nitrogen and oxygen atoms in total. The third kappa shape index (κ3) is 4.66. The average molecular weight is 262 g/mol. The molecule has 1 rings (SSSR count). The third-order valence-electron chi connectivity index (χ3n) is 1.93. The van der Waals surface area contributed by atoms with Crippen LogP contribution in [-0.2, 0) is 27.3 Å². The Hall–Kier alpha value is 0.140. The Morgan fingerprint density at radius 3 is 2.33 bits per heavy atom. The van der Waals surface area contributed by atoms with Crippen LogP contribution < -0.4 is 0 Å². The minimum Gasteiger partial charge on any atom is -0.325 e. The second kappa shape index (κ2) is 6.66. The van der Waals surface area contributed by atoms with Gasteiger partial charge in [0.1, 0.15) is 0 Å². The SMILES string of the molecule is COP(=S)(OC)SCCc1ccccc1. The predicted octanol–water partition coefficient (Wildman–Crippen LogP) is 3.48. The van der Waals surface area contributed by atoms with Crippen LogP contribution in [0.1, 0.15) is 5.56 Å². The summed E-state index contributed by atoms with van der Waals surface area (Å²) in [6, 6.07) is 10.3. The van der Waals surface area contributed by atoms with Gasteiger partial charge in [0.05, 0.1) is 0 Å². The average Bonchev–Trinajstić information content (AvgIpc) is 2.30. The lowest BCUT2D eigenvalue weighted by molar-refractivity contribution is 0.354. The summed E-state index contributed by atoms with van der Waals surface area (Å²) in [6.07, 6.45) is 0.997. The van der Waals surface area contributed by atoms with Crippen molar-refractivity contribution < 1.29 is 9.05 Å². The number of hydrogen-bond donors (Lipinski definition) is 0. The molecule has 0 bridgehead atoms. The fourth-order valence-electron chi connectivity index (χ4n) is 1.10. The van der Waals surface area contributed by atoms with Gasteiger partial charge in [-0.15, -0.1) is 0 Å². The predicted molar refractivity (Wildman–Crippen MR) is 70.9 cm³/mol. The molecule has 0 aliphatic heterocycles. The van der Waals surface area contributed by atoms with E-state index >= 15 is 0 Å². The Balaban J connectivity index is 2.36. The summed E-state index contributed by atoms with van der Waals surface area (Å²) in [7, 11) is 3.22. The van der Waals surface area contributed by atoms with Gasteiger partial charge in [-0.25, -0.2) is 0 Å². The van der Waals surface area contributed by atoms with Crippen LogP contribution in [-0.4, -0.2) is 20.0 Å². The third-order valence-corrected chi connectivity index (χ3v) is 7.76. The van der Waals surface area contributed by atoms with Crippen LogP contribution in [0.15, 0.2) is 30.3 Å². The van der Waals surface area contributed by atoms with Crippen molar-refractivity contribution in [1.82, 2.24) is 0 Å². The van der Waals surface area contributed by atoms with Gasteiger partial charge < -0.3 is 9.05 Å². The molecule has 1 aromatic carbocycles. The Bertz CT molecular complexity index is 321. The smallest absolute Gasteiger partial charge is 0.246 e. The standard InChI is InChI=1S/C10H15O2PS2/c1-11-13(14,12-2)15-9-8-10-6-4-3-5-7-10/h3-7H,8-9H2,1-2H3. The number of aryl methyl sites for hydroxylation is 1. The van der Waals surface area contributed by atoms with Gasteiger partial charge in [0.15, 0.2) is 0 Å². The molecule has 0 saturated heterocycles. The summed E-state index contributed by atoms with van der Waals surface area (Å²) in [5.41, 5.74) is -0.750. The molecular formula is C10H15O2PS2. The van der Waals surface area contributed by atoms with Crippen molar-refractivity contribution in [1.29, 1.82) is 0 Å². The molecule has 1 aromatic rings.